The fourth-order valence-corrected chi connectivity index (χ4v) is 0. The molecular weight excluding hydrogens is 210 g/mol. The standard InChI is InChI=1S/CH4Cl4Si2/c1-6(2)7(3,4)5/h6H,1H3. The van der Waals surface area contributed by atoms with Crippen molar-refractivity contribution in [2.75, 3.05) is 0 Å². The summed E-state index contributed by atoms with van der Waals surface area (Å²) in [4.78, 5) is 0. The molecule has 0 heterocycles. The average molecular weight is 214 g/mol. The molecule has 0 aliphatic rings. The van der Waals surface area contributed by atoms with Crippen LogP contribution in [0, 0.1) is 0 Å². The first-order chi connectivity index (χ1) is 2.94. The molecule has 0 nitrogen and oxygen atoms in total. The van der Waals surface area contributed by atoms with Crippen LogP contribution < -0.4 is 0 Å². The van der Waals surface area contributed by atoms with Gasteiger partial charge in [-0.25, -0.2) is 0 Å². The lowest BCUT2D eigenvalue weighted by Crippen LogP contribution is -2.27. The van der Waals surface area contributed by atoms with Gasteiger partial charge in [0.05, 0.1) is 0 Å². The Hall–Kier alpha value is 1.59. The number of halogens is 4. The Morgan fingerprint density at radius 3 is 1.43 bits per heavy atom. The maximum atomic E-state index is 5.56. The zero-order valence-corrected chi connectivity index (χ0v) is 8.77. The molecule has 0 spiro atoms. The van der Waals surface area contributed by atoms with E-state index < -0.39 is 13.1 Å². The van der Waals surface area contributed by atoms with Crippen molar-refractivity contribution in [1.82, 2.24) is 0 Å². The molecule has 0 N–H and O–H groups in total. The molecule has 1 unspecified atom stereocenters. The Bertz CT molecular complexity index is 55.2. The first-order valence-corrected chi connectivity index (χ1v) is 11.4. The van der Waals surface area contributed by atoms with Gasteiger partial charge in [0.25, 0.3) is 0 Å². The van der Waals surface area contributed by atoms with E-state index >= 15 is 0 Å². The molecule has 0 aromatic heterocycles. The van der Waals surface area contributed by atoms with Gasteiger partial charge in [-0.05, 0) is 0 Å². The predicted octanol–water partition coefficient (Wildman–Crippen LogP) is 2.31. The Kier molecular flexibility index (Phi) is 3.61. The van der Waals surface area contributed by atoms with Gasteiger partial charge in [-0.2, -0.15) is 11.1 Å². The molecule has 0 saturated carbocycles. The Labute approximate surface area is 63.9 Å². The van der Waals surface area contributed by atoms with Crippen molar-refractivity contribution in [2.24, 2.45) is 0 Å². The third kappa shape index (κ3) is 4.12. The first-order valence-electron chi connectivity index (χ1n) is 1.65. The summed E-state index contributed by atoms with van der Waals surface area (Å²) in [7, 11) is -1.45. The van der Waals surface area contributed by atoms with Crippen molar-refractivity contribution in [3.05, 3.63) is 0 Å². The minimum Gasteiger partial charge on any atom is -0.171 e. The molecule has 0 aromatic carbocycles. The van der Waals surface area contributed by atoms with E-state index in [4.69, 9.17) is 44.3 Å². The topological polar surface area (TPSA) is 0 Å². The SMILES string of the molecule is C[SiH](Cl)[Si](Cl)(Cl)Cl. The molecule has 0 rings (SSSR count). The van der Waals surface area contributed by atoms with Crippen LogP contribution in [0.2, 0.25) is 6.55 Å². The van der Waals surface area contributed by atoms with Crippen LogP contribution in [0.4, 0.5) is 0 Å². The molecule has 0 bridgehead atoms. The molecule has 6 heteroatoms. The molecule has 0 saturated heterocycles. The van der Waals surface area contributed by atoms with Crippen LogP contribution in [0.25, 0.3) is 0 Å². The lowest BCUT2D eigenvalue weighted by molar-refractivity contribution is 2.33. The highest BCUT2D eigenvalue weighted by atomic mass is 35.9. The monoisotopic (exact) mass is 212 g/mol. The van der Waals surface area contributed by atoms with E-state index in [-0.39, 0.29) is 0 Å². The number of hydrogen-bond donors (Lipinski definition) is 0. The maximum absolute atomic E-state index is 5.56. The largest absolute Gasteiger partial charge is 0.338 e. The van der Waals surface area contributed by atoms with Gasteiger partial charge >= 0.3 is 5.52 Å². The molecule has 1 atom stereocenters. The summed E-state index contributed by atoms with van der Waals surface area (Å²) in [5.74, 6) is 0. The zero-order chi connectivity index (χ0) is 6.08. The molecule has 0 aromatic rings. The van der Waals surface area contributed by atoms with Gasteiger partial charge in [-0.1, -0.05) is 6.55 Å². The van der Waals surface area contributed by atoms with Gasteiger partial charge in [0.1, 0.15) is 0 Å². The normalized spacial score (nSPS) is 16.7. The lowest BCUT2D eigenvalue weighted by Gasteiger charge is -2.05. The minimum atomic E-state index is -2.41. The van der Waals surface area contributed by atoms with Crippen LogP contribution in [-0.2, 0) is 0 Å². The van der Waals surface area contributed by atoms with Crippen molar-refractivity contribution in [3.8, 4) is 0 Å². The Morgan fingerprint density at radius 2 is 1.43 bits per heavy atom. The molecule has 44 valence electrons. The van der Waals surface area contributed by atoms with Crippen molar-refractivity contribution >= 4 is 57.5 Å². The molecule has 0 aliphatic heterocycles. The van der Waals surface area contributed by atoms with E-state index in [0.29, 0.717) is 0 Å². The van der Waals surface area contributed by atoms with E-state index in [9.17, 15) is 0 Å². The van der Waals surface area contributed by atoms with E-state index in [1.807, 2.05) is 6.55 Å². The van der Waals surface area contributed by atoms with Crippen molar-refractivity contribution in [3.63, 3.8) is 0 Å². The highest BCUT2D eigenvalue weighted by molar-refractivity contribution is 7.90. The summed E-state index contributed by atoms with van der Waals surface area (Å²) < 4.78 is 0. The maximum Gasteiger partial charge on any atom is 0.338 e. The van der Waals surface area contributed by atoms with E-state index in [1.54, 1.807) is 0 Å². The highest BCUT2D eigenvalue weighted by Crippen LogP contribution is 2.24. The summed E-state index contributed by atoms with van der Waals surface area (Å²) in [6.07, 6.45) is 0. The van der Waals surface area contributed by atoms with E-state index in [0.717, 1.165) is 0 Å². The van der Waals surface area contributed by atoms with E-state index in [1.165, 1.54) is 0 Å². The first kappa shape index (κ1) is 8.59. The van der Waals surface area contributed by atoms with Gasteiger partial charge < -0.3 is 0 Å². The van der Waals surface area contributed by atoms with Crippen LogP contribution >= 0.6 is 44.3 Å². The van der Waals surface area contributed by atoms with Crippen LogP contribution in [0.3, 0.4) is 0 Å². The van der Waals surface area contributed by atoms with Gasteiger partial charge in [0, 0.05) is 0 Å². The molecule has 0 amide bonds. The molecule has 0 aliphatic carbocycles. The Balaban J connectivity index is 3.54. The third-order valence-electron chi connectivity index (χ3n) is 0.451. The smallest absolute Gasteiger partial charge is 0.171 e. The summed E-state index contributed by atoms with van der Waals surface area (Å²) in [6.45, 7) is 1.82. The molecular formula is CH4Cl4Si2. The average Bonchev–Trinajstić information content (AvgIpc) is 1.31. The predicted molar refractivity (Wildman–Crippen MR) is 42.2 cm³/mol. The van der Waals surface area contributed by atoms with Crippen molar-refractivity contribution in [1.29, 1.82) is 0 Å². The van der Waals surface area contributed by atoms with Crippen LogP contribution in [0.5, 0.6) is 0 Å². The summed E-state index contributed by atoms with van der Waals surface area (Å²) in [5, 5.41) is 0. The molecule has 0 fully saturated rings. The summed E-state index contributed by atoms with van der Waals surface area (Å²) >= 11 is 22.0. The second-order valence-electron chi connectivity index (χ2n) is 1.16. The Morgan fingerprint density at radius 1 is 1.29 bits per heavy atom. The van der Waals surface area contributed by atoms with Crippen LogP contribution in [-0.4, -0.2) is 13.1 Å². The quantitative estimate of drug-likeness (QED) is 0.464. The third-order valence-corrected chi connectivity index (χ3v) is 18.9. The van der Waals surface area contributed by atoms with Gasteiger partial charge in [-0.15, -0.1) is 33.2 Å². The second kappa shape index (κ2) is 2.94. The minimum absolute atomic E-state index is 1.45. The van der Waals surface area contributed by atoms with Crippen molar-refractivity contribution < 1.29 is 0 Å². The summed E-state index contributed by atoms with van der Waals surface area (Å²) in [5.41, 5.74) is -2.41. The second-order valence-corrected chi connectivity index (χ2v) is 22.1. The molecule has 0 radical (unpaired) electrons. The fourth-order valence-electron chi connectivity index (χ4n) is 0. The zero-order valence-electron chi connectivity index (χ0n) is 3.59. The lowest BCUT2D eigenvalue weighted by atomic mass is 11.9. The van der Waals surface area contributed by atoms with Crippen LogP contribution in [0.1, 0.15) is 0 Å². The van der Waals surface area contributed by atoms with Crippen molar-refractivity contribution in [2.45, 2.75) is 6.55 Å². The van der Waals surface area contributed by atoms with Gasteiger partial charge in [-0.3, -0.25) is 0 Å². The summed E-state index contributed by atoms with van der Waals surface area (Å²) in [6, 6.07) is 0. The molecule has 7 heavy (non-hydrogen) atoms. The number of rotatable bonds is 1. The van der Waals surface area contributed by atoms with Gasteiger partial charge in [0.2, 0.25) is 0 Å². The van der Waals surface area contributed by atoms with Gasteiger partial charge in [0.15, 0.2) is 7.62 Å². The van der Waals surface area contributed by atoms with E-state index in [2.05, 4.69) is 0 Å². The highest BCUT2D eigenvalue weighted by Gasteiger charge is 2.32. The van der Waals surface area contributed by atoms with Crippen LogP contribution in [0.15, 0.2) is 0 Å². The fraction of sp³-hybridized carbons (Fsp3) is 1.00. The number of hydrogen-bond acceptors (Lipinski definition) is 0.